The molecule has 0 aromatic carbocycles. The smallest absolute Gasteiger partial charge is 0.352 e. The highest BCUT2D eigenvalue weighted by Gasteiger charge is 2.23. The van der Waals surface area contributed by atoms with Gasteiger partial charge in [0.2, 0.25) is 5.91 Å². The molecule has 100 valence electrons. The van der Waals surface area contributed by atoms with Crippen LogP contribution in [0.5, 0.6) is 0 Å². The van der Waals surface area contributed by atoms with Crippen molar-refractivity contribution in [1.29, 1.82) is 0 Å². The van der Waals surface area contributed by atoms with E-state index in [2.05, 4.69) is 6.58 Å². The van der Waals surface area contributed by atoms with Crippen molar-refractivity contribution >= 4 is 17.7 Å². The maximum atomic E-state index is 11.6. The number of rotatable bonds is 4. The molecule has 1 aliphatic heterocycles. The first kappa shape index (κ1) is 14.4. The average molecular weight is 254 g/mol. The number of carbonyl (C=O) groups is 3. The van der Waals surface area contributed by atoms with Gasteiger partial charge in [0.15, 0.2) is 0 Å². The number of ketones is 1. The predicted octanol–water partition coefficient (Wildman–Crippen LogP) is 0.144. The minimum Gasteiger partial charge on any atom is -0.364 e. The van der Waals surface area contributed by atoms with Crippen molar-refractivity contribution in [2.24, 2.45) is 0 Å². The van der Waals surface area contributed by atoms with Gasteiger partial charge in [-0.3, -0.25) is 9.59 Å². The van der Waals surface area contributed by atoms with Crippen molar-refractivity contribution in [3.05, 3.63) is 12.2 Å². The predicted molar refractivity (Wildman–Crippen MR) is 64.4 cm³/mol. The van der Waals surface area contributed by atoms with E-state index >= 15 is 0 Å². The lowest BCUT2D eigenvalue weighted by atomic mass is 10.2. The third-order valence-corrected chi connectivity index (χ3v) is 2.55. The molecule has 0 radical (unpaired) electrons. The molecule has 18 heavy (non-hydrogen) atoms. The van der Waals surface area contributed by atoms with Gasteiger partial charge in [-0.05, 0) is 13.8 Å². The molecule has 1 saturated heterocycles. The standard InChI is InChI=1S/C12H18N2O4/c1-9(2)12(17)18-14-6-4-13(5-7-14)11(16)8-10(3)15/h1,4-8H2,2-3H3. The molecule has 0 spiro atoms. The lowest BCUT2D eigenvalue weighted by Gasteiger charge is -2.33. The molecule has 1 heterocycles. The fraction of sp³-hybridized carbons (Fsp3) is 0.583. The second-order valence-electron chi connectivity index (χ2n) is 4.35. The largest absolute Gasteiger partial charge is 0.364 e. The van der Waals surface area contributed by atoms with Crippen molar-refractivity contribution in [2.75, 3.05) is 26.2 Å². The van der Waals surface area contributed by atoms with E-state index in [0.717, 1.165) is 0 Å². The fourth-order valence-corrected chi connectivity index (χ4v) is 1.55. The SMILES string of the molecule is C=C(C)C(=O)ON1CCN(C(=O)CC(C)=O)CC1. The van der Waals surface area contributed by atoms with E-state index < -0.39 is 5.97 Å². The van der Waals surface area contributed by atoms with Crippen LogP contribution in [-0.2, 0) is 19.2 Å². The monoisotopic (exact) mass is 254 g/mol. The van der Waals surface area contributed by atoms with Crippen molar-refractivity contribution in [3.8, 4) is 0 Å². The second-order valence-corrected chi connectivity index (χ2v) is 4.35. The number of carbonyl (C=O) groups excluding carboxylic acids is 3. The summed E-state index contributed by atoms with van der Waals surface area (Å²) in [6.45, 7) is 8.27. The van der Waals surface area contributed by atoms with E-state index in [1.165, 1.54) is 12.0 Å². The van der Waals surface area contributed by atoms with E-state index in [1.807, 2.05) is 0 Å². The lowest BCUT2D eigenvalue weighted by Crippen LogP contribution is -2.49. The van der Waals surface area contributed by atoms with Gasteiger partial charge < -0.3 is 9.74 Å². The molecule has 1 fully saturated rings. The Morgan fingerprint density at radius 2 is 1.67 bits per heavy atom. The summed E-state index contributed by atoms with van der Waals surface area (Å²) in [4.78, 5) is 40.4. The maximum absolute atomic E-state index is 11.6. The van der Waals surface area contributed by atoms with Crippen molar-refractivity contribution in [3.63, 3.8) is 0 Å². The summed E-state index contributed by atoms with van der Waals surface area (Å²) in [6.07, 6.45) is -0.0639. The molecule has 6 heteroatoms. The number of nitrogens with zero attached hydrogens (tertiary/aromatic N) is 2. The molecule has 0 aromatic heterocycles. The van der Waals surface area contributed by atoms with Gasteiger partial charge in [0.05, 0.1) is 19.5 Å². The Balaban J connectivity index is 2.37. The van der Waals surface area contributed by atoms with Gasteiger partial charge >= 0.3 is 5.97 Å². The summed E-state index contributed by atoms with van der Waals surface area (Å²) in [5, 5.41) is 1.51. The molecular formula is C12H18N2O4. The molecule has 0 N–H and O–H groups in total. The van der Waals surface area contributed by atoms with Crippen LogP contribution >= 0.6 is 0 Å². The number of Topliss-reactive ketones (excluding diaryl/α,β-unsaturated/α-hetero) is 1. The first-order chi connectivity index (χ1) is 8.40. The highest BCUT2D eigenvalue weighted by Crippen LogP contribution is 2.06. The summed E-state index contributed by atoms with van der Waals surface area (Å²) in [6, 6.07) is 0. The number of hydrogen-bond donors (Lipinski definition) is 0. The van der Waals surface area contributed by atoms with Crippen molar-refractivity contribution < 1.29 is 19.2 Å². The summed E-state index contributed by atoms with van der Waals surface area (Å²) in [5.74, 6) is -0.775. The molecule has 0 bridgehead atoms. The van der Waals surface area contributed by atoms with Crippen LogP contribution in [0.15, 0.2) is 12.2 Å². The Morgan fingerprint density at radius 1 is 1.11 bits per heavy atom. The van der Waals surface area contributed by atoms with Crippen LogP contribution in [0.2, 0.25) is 0 Å². The minimum atomic E-state index is -0.460. The summed E-state index contributed by atoms with van der Waals surface area (Å²) < 4.78 is 0. The zero-order valence-electron chi connectivity index (χ0n) is 10.8. The fourth-order valence-electron chi connectivity index (χ4n) is 1.55. The van der Waals surface area contributed by atoms with Gasteiger partial charge in [0.25, 0.3) is 0 Å². The second kappa shape index (κ2) is 6.30. The van der Waals surface area contributed by atoms with E-state index in [0.29, 0.717) is 31.8 Å². The van der Waals surface area contributed by atoms with Crippen LogP contribution in [0, 0.1) is 0 Å². The summed E-state index contributed by atoms with van der Waals surface area (Å²) in [5.41, 5.74) is 0.338. The number of piperazine rings is 1. The molecule has 1 amide bonds. The normalized spacial score (nSPS) is 16.2. The van der Waals surface area contributed by atoms with Crippen LogP contribution in [0.3, 0.4) is 0 Å². The molecule has 0 unspecified atom stereocenters. The van der Waals surface area contributed by atoms with Crippen LogP contribution in [-0.4, -0.2) is 53.8 Å². The minimum absolute atomic E-state index is 0.0639. The van der Waals surface area contributed by atoms with E-state index in [-0.39, 0.29) is 18.1 Å². The molecular weight excluding hydrogens is 236 g/mol. The summed E-state index contributed by atoms with van der Waals surface area (Å²) in [7, 11) is 0. The Kier molecular flexibility index (Phi) is 5.03. The maximum Gasteiger partial charge on any atom is 0.352 e. The van der Waals surface area contributed by atoms with Crippen molar-refractivity contribution in [2.45, 2.75) is 20.3 Å². The molecule has 0 saturated carbocycles. The Labute approximate surface area is 106 Å². The summed E-state index contributed by atoms with van der Waals surface area (Å²) >= 11 is 0. The van der Waals surface area contributed by atoms with Gasteiger partial charge in [-0.1, -0.05) is 6.58 Å². The lowest BCUT2D eigenvalue weighted by molar-refractivity contribution is -0.193. The number of hydroxylamine groups is 2. The third kappa shape index (κ3) is 4.29. The van der Waals surface area contributed by atoms with E-state index in [1.54, 1.807) is 11.8 Å². The number of amides is 1. The zero-order valence-corrected chi connectivity index (χ0v) is 10.8. The van der Waals surface area contributed by atoms with E-state index in [4.69, 9.17) is 4.84 Å². The first-order valence-corrected chi connectivity index (χ1v) is 5.80. The Hall–Kier alpha value is -1.69. The van der Waals surface area contributed by atoms with Gasteiger partial charge in [0.1, 0.15) is 5.78 Å². The molecule has 0 aromatic rings. The molecule has 1 rings (SSSR count). The van der Waals surface area contributed by atoms with Crippen LogP contribution in [0.1, 0.15) is 20.3 Å². The zero-order chi connectivity index (χ0) is 13.7. The van der Waals surface area contributed by atoms with Crippen molar-refractivity contribution in [1.82, 2.24) is 9.96 Å². The van der Waals surface area contributed by atoms with Gasteiger partial charge in [-0.2, -0.15) is 0 Å². The molecule has 1 aliphatic rings. The molecule has 0 aliphatic carbocycles. The third-order valence-electron chi connectivity index (χ3n) is 2.55. The van der Waals surface area contributed by atoms with Gasteiger partial charge in [0, 0.05) is 18.7 Å². The Morgan fingerprint density at radius 3 is 2.11 bits per heavy atom. The topological polar surface area (TPSA) is 66.9 Å². The van der Waals surface area contributed by atoms with Crippen LogP contribution in [0.25, 0.3) is 0 Å². The van der Waals surface area contributed by atoms with Gasteiger partial charge in [-0.15, -0.1) is 5.06 Å². The van der Waals surface area contributed by atoms with Gasteiger partial charge in [-0.25, -0.2) is 4.79 Å². The first-order valence-electron chi connectivity index (χ1n) is 5.80. The van der Waals surface area contributed by atoms with Crippen LogP contribution in [0.4, 0.5) is 0 Å². The van der Waals surface area contributed by atoms with E-state index in [9.17, 15) is 14.4 Å². The molecule has 6 nitrogen and oxygen atoms in total. The van der Waals surface area contributed by atoms with Crippen LogP contribution < -0.4 is 0 Å². The quantitative estimate of drug-likeness (QED) is 0.527. The molecule has 0 atom stereocenters. The Bertz CT molecular complexity index is 370. The highest BCUT2D eigenvalue weighted by molar-refractivity contribution is 5.96. The highest BCUT2D eigenvalue weighted by atomic mass is 16.7. The number of hydrogen-bond acceptors (Lipinski definition) is 5. The average Bonchev–Trinajstić information content (AvgIpc) is 2.28.